The van der Waals surface area contributed by atoms with Crippen molar-refractivity contribution in [3.05, 3.63) is 59.4 Å². The second kappa shape index (κ2) is 7.59. The zero-order valence-corrected chi connectivity index (χ0v) is 16.6. The first kappa shape index (κ1) is 19.0. The van der Waals surface area contributed by atoms with Crippen LogP contribution in [0.15, 0.2) is 59.0 Å². The maximum atomic E-state index is 12.5. The predicted octanol–water partition coefficient (Wildman–Crippen LogP) is 1.85. The molecule has 11 heteroatoms. The summed E-state index contributed by atoms with van der Waals surface area (Å²) in [6.07, 6.45) is 5.25. The van der Waals surface area contributed by atoms with E-state index in [4.69, 9.17) is 4.18 Å². The van der Waals surface area contributed by atoms with Gasteiger partial charge in [0, 0.05) is 23.6 Å². The van der Waals surface area contributed by atoms with Crippen LogP contribution in [0.2, 0.25) is 0 Å². The van der Waals surface area contributed by atoms with E-state index in [1.807, 2.05) is 38.1 Å². The molecule has 3 heterocycles. The summed E-state index contributed by atoms with van der Waals surface area (Å²) in [5.74, 6) is 0.250. The zero-order valence-electron chi connectivity index (χ0n) is 15.8. The van der Waals surface area contributed by atoms with E-state index in [1.54, 1.807) is 12.4 Å². The monoisotopic (exact) mass is 414 g/mol. The third kappa shape index (κ3) is 4.09. The van der Waals surface area contributed by atoms with Crippen LogP contribution in [0.4, 0.5) is 0 Å². The van der Waals surface area contributed by atoms with E-state index in [0.717, 1.165) is 11.3 Å². The van der Waals surface area contributed by atoms with E-state index in [1.165, 1.54) is 21.8 Å². The number of aryl methyl sites for hydroxylation is 1. The molecule has 150 valence electrons. The molecule has 0 amide bonds. The third-order valence-electron chi connectivity index (χ3n) is 4.58. The third-order valence-corrected chi connectivity index (χ3v) is 5.07. The second-order valence-electron chi connectivity index (χ2n) is 7.06. The lowest BCUT2D eigenvalue weighted by atomic mass is 9.89. The van der Waals surface area contributed by atoms with Crippen molar-refractivity contribution in [2.75, 3.05) is 0 Å². The molecule has 10 nitrogen and oxygen atoms in total. The van der Waals surface area contributed by atoms with Gasteiger partial charge in [-0.1, -0.05) is 26.0 Å². The Bertz CT molecular complexity index is 1120. The Kier molecular flexibility index (Phi) is 4.97. The molecule has 2 aromatic heterocycles. The molecule has 0 N–H and O–H groups in total. The number of rotatable bonds is 6. The molecule has 1 aliphatic rings. The summed E-state index contributed by atoms with van der Waals surface area (Å²) in [5, 5.41) is 11.8. The van der Waals surface area contributed by atoms with Gasteiger partial charge in [0.05, 0.1) is 30.1 Å². The maximum Gasteiger partial charge on any atom is 0.440 e. The van der Waals surface area contributed by atoms with Crippen molar-refractivity contribution in [3.63, 3.8) is 0 Å². The highest BCUT2D eigenvalue weighted by atomic mass is 32.2. The number of hydrogen-bond acceptors (Lipinski definition) is 8. The molecule has 1 aliphatic heterocycles. The molecular weight excluding hydrogens is 396 g/mol. The van der Waals surface area contributed by atoms with Gasteiger partial charge in [0.1, 0.15) is 0 Å². The summed E-state index contributed by atoms with van der Waals surface area (Å²) in [5.41, 5.74) is 1.51. The summed E-state index contributed by atoms with van der Waals surface area (Å²) in [6.45, 7) is 4.15. The Morgan fingerprint density at radius 1 is 1.14 bits per heavy atom. The van der Waals surface area contributed by atoms with Crippen LogP contribution in [0, 0.1) is 5.41 Å². The largest absolute Gasteiger partial charge is 0.440 e. The molecule has 29 heavy (non-hydrogen) atoms. The zero-order chi connectivity index (χ0) is 20.4. The van der Waals surface area contributed by atoms with Crippen LogP contribution in [0.1, 0.15) is 20.3 Å². The average Bonchev–Trinajstić information content (AvgIpc) is 3.39. The fraction of sp³-hybridized carbons (Fsp3) is 0.278. The molecule has 0 spiro atoms. The molecule has 4 rings (SSSR count). The van der Waals surface area contributed by atoms with Gasteiger partial charge < -0.3 is 4.18 Å². The first-order chi connectivity index (χ1) is 13.9. The lowest BCUT2D eigenvalue weighted by Crippen LogP contribution is -2.29. The Morgan fingerprint density at radius 3 is 2.48 bits per heavy atom. The molecule has 0 radical (unpaired) electrons. The summed E-state index contributed by atoms with van der Waals surface area (Å²) in [6, 6.07) is 8.95. The highest BCUT2D eigenvalue weighted by Crippen LogP contribution is 2.27. The molecule has 0 aliphatic carbocycles. The Hall–Kier alpha value is -3.34. The predicted molar refractivity (Wildman–Crippen MR) is 105 cm³/mol. The van der Waals surface area contributed by atoms with Gasteiger partial charge in [0.15, 0.2) is 0 Å². The number of benzene rings is 1. The summed E-state index contributed by atoms with van der Waals surface area (Å²) < 4.78 is 22.3. The Balaban J connectivity index is 1.47. The minimum absolute atomic E-state index is 0.169. The summed E-state index contributed by atoms with van der Waals surface area (Å²) in [7, 11) is 0. The van der Waals surface area contributed by atoms with Crippen LogP contribution in [0.3, 0.4) is 0 Å². The van der Waals surface area contributed by atoms with Crippen molar-refractivity contribution in [2.24, 2.45) is 10.6 Å². The fourth-order valence-electron chi connectivity index (χ4n) is 2.77. The van der Waals surface area contributed by atoms with Crippen LogP contribution in [0.5, 0.6) is 0 Å². The minimum Gasteiger partial charge on any atom is -0.350 e. The smallest absolute Gasteiger partial charge is 0.350 e. The SMILES string of the molecule is CC(C)(CCn1cnc(-c2ccc(-n3nccn3)cc2)cc1=O)C1=NOS(=O)O1. The molecule has 1 aromatic carbocycles. The van der Waals surface area contributed by atoms with Crippen molar-refractivity contribution in [1.82, 2.24) is 24.5 Å². The Labute approximate surface area is 168 Å². The van der Waals surface area contributed by atoms with Gasteiger partial charge in [-0.25, -0.2) is 4.98 Å². The normalized spacial score (nSPS) is 16.2. The first-order valence-electron chi connectivity index (χ1n) is 8.82. The molecule has 0 bridgehead atoms. The number of oxime groups is 1. The van der Waals surface area contributed by atoms with Crippen LogP contribution in [-0.4, -0.2) is 34.7 Å². The second-order valence-corrected chi connectivity index (χ2v) is 7.79. The van der Waals surface area contributed by atoms with E-state index in [2.05, 4.69) is 24.6 Å². The number of aromatic nitrogens is 5. The van der Waals surface area contributed by atoms with Gasteiger partial charge in [0.25, 0.3) is 11.5 Å². The quantitative estimate of drug-likeness (QED) is 0.605. The van der Waals surface area contributed by atoms with E-state index < -0.39 is 16.8 Å². The van der Waals surface area contributed by atoms with Crippen LogP contribution < -0.4 is 5.56 Å². The standard InChI is InChI=1S/C18H18N6O4S/c1-18(2,17-22-28-29(26)27-17)7-10-23-12-19-15(11-16(23)25)13-3-5-14(6-4-13)24-20-8-9-21-24/h3-6,8-9,11-12H,7,10H2,1-2H3. The molecule has 0 fully saturated rings. The van der Waals surface area contributed by atoms with Crippen molar-refractivity contribution in [2.45, 2.75) is 26.8 Å². The van der Waals surface area contributed by atoms with Crippen molar-refractivity contribution < 1.29 is 12.7 Å². The van der Waals surface area contributed by atoms with E-state index in [-0.39, 0.29) is 11.5 Å². The van der Waals surface area contributed by atoms with Crippen LogP contribution in [0.25, 0.3) is 16.9 Å². The van der Waals surface area contributed by atoms with Crippen molar-refractivity contribution in [1.29, 1.82) is 0 Å². The molecule has 1 atom stereocenters. The summed E-state index contributed by atoms with van der Waals surface area (Å²) >= 11 is -1.88. The van der Waals surface area contributed by atoms with Crippen molar-refractivity contribution in [3.8, 4) is 16.9 Å². The first-order valence-corrected chi connectivity index (χ1v) is 9.82. The minimum atomic E-state index is -1.88. The van der Waals surface area contributed by atoms with Crippen LogP contribution >= 0.6 is 0 Å². The van der Waals surface area contributed by atoms with Crippen molar-refractivity contribution >= 4 is 17.3 Å². The molecule has 0 saturated carbocycles. The number of hydrogen-bond donors (Lipinski definition) is 0. The fourth-order valence-corrected chi connectivity index (χ4v) is 3.31. The van der Waals surface area contributed by atoms with Gasteiger partial charge in [-0.3, -0.25) is 13.6 Å². The van der Waals surface area contributed by atoms with Gasteiger partial charge in [-0.05, 0) is 23.7 Å². The van der Waals surface area contributed by atoms with Crippen LogP contribution in [-0.2, 0) is 26.4 Å². The highest BCUT2D eigenvalue weighted by Gasteiger charge is 2.34. The van der Waals surface area contributed by atoms with E-state index in [9.17, 15) is 9.00 Å². The molecular formula is C18H18N6O4S. The van der Waals surface area contributed by atoms with Gasteiger partial charge in [0.2, 0.25) is 0 Å². The average molecular weight is 414 g/mol. The maximum absolute atomic E-state index is 12.5. The Morgan fingerprint density at radius 2 is 1.86 bits per heavy atom. The van der Waals surface area contributed by atoms with E-state index in [0.29, 0.717) is 18.7 Å². The molecule has 0 saturated heterocycles. The lowest BCUT2D eigenvalue weighted by Gasteiger charge is -2.21. The molecule has 3 aromatic rings. The molecule has 1 unspecified atom stereocenters. The number of nitrogens with zero attached hydrogens (tertiary/aromatic N) is 6. The van der Waals surface area contributed by atoms with Gasteiger partial charge >= 0.3 is 11.4 Å². The topological polar surface area (TPSA) is 113 Å². The van der Waals surface area contributed by atoms with Gasteiger partial charge in [-0.15, -0.1) is 0 Å². The summed E-state index contributed by atoms with van der Waals surface area (Å²) in [4.78, 5) is 18.4. The lowest BCUT2D eigenvalue weighted by molar-refractivity contribution is 0.368. The highest BCUT2D eigenvalue weighted by molar-refractivity contribution is 7.75. The van der Waals surface area contributed by atoms with E-state index >= 15 is 0 Å². The van der Waals surface area contributed by atoms with Gasteiger partial charge in [-0.2, -0.15) is 19.2 Å².